The first-order valence-corrected chi connectivity index (χ1v) is 9.21. The van der Waals surface area contributed by atoms with Crippen LogP contribution in [0.5, 0.6) is 0 Å². The fourth-order valence-corrected chi connectivity index (χ4v) is 4.99. The van der Waals surface area contributed by atoms with Crippen LogP contribution in [0.25, 0.3) is 0 Å². The van der Waals surface area contributed by atoms with Gasteiger partial charge in [-0.2, -0.15) is 4.31 Å². The molecule has 1 aliphatic rings. The van der Waals surface area contributed by atoms with Crippen LogP contribution < -0.4 is 5.32 Å². The summed E-state index contributed by atoms with van der Waals surface area (Å²) < 4.78 is 26.8. The molecular weight excluding hydrogens is 280 g/mol. The molecule has 2 rings (SSSR count). The Balaban J connectivity index is 1.86. The first-order valence-electron chi connectivity index (χ1n) is 6.89. The van der Waals surface area contributed by atoms with E-state index in [1.807, 2.05) is 5.38 Å². The lowest BCUT2D eigenvalue weighted by Gasteiger charge is -2.30. The zero-order valence-electron chi connectivity index (χ0n) is 11.3. The van der Waals surface area contributed by atoms with E-state index in [9.17, 15) is 8.42 Å². The summed E-state index contributed by atoms with van der Waals surface area (Å²) in [6, 6.07) is 3.48. The van der Waals surface area contributed by atoms with Crippen LogP contribution in [-0.4, -0.2) is 38.9 Å². The van der Waals surface area contributed by atoms with Crippen molar-refractivity contribution < 1.29 is 8.42 Å². The number of piperidine rings is 1. The molecule has 108 valence electrons. The molecule has 1 saturated heterocycles. The Morgan fingerprint density at radius 1 is 1.42 bits per heavy atom. The van der Waals surface area contributed by atoms with Gasteiger partial charge >= 0.3 is 0 Å². The van der Waals surface area contributed by atoms with Crippen LogP contribution in [-0.2, 0) is 10.0 Å². The summed E-state index contributed by atoms with van der Waals surface area (Å²) >= 11 is 1.30. The first-order chi connectivity index (χ1) is 9.14. The molecule has 1 aliphatic heterocycles. The predicted octanol–water partition coefficient (Wildman–Crippen LogP) is 2.15. The Morgan fingerprint density at radius 2 is 2.16 bits per heavy atom. The molecular formula is C13H22N2O2S2. The van der Waals surface area contributed by atoms with Gasteiger partial charge in [-0.3, -0.25) is 0 Å². The number of hydrogen-bond donors (Lipinski definition) is 1. The summed E-state index contributed by atoms with van der Waals surface area (Å²) in [5.41, 5.74) is 0. The molecule has 19 heavy (non-hydrogen) atoms. The minimum absolute atomic E-state index is 0.468. The van der Waals surface area contributed by atoms with E-state index in [4.69, 9.17) is 0 Å². The van der Waals surface area contributed by atoms with Gasteiger partial charge in [-0.05, 0) is 49.7 Å². The Hall–Kier alpha value is -0.430. The van der Waals surface area contributed by atoms with Crippen LogP contribution in [0.3, 0.4) is 0 Å². The van der Waals surface area contributed by atoms with E-state index in [0.717, 1.165) is 32.4 Å². The molecule has 0 aliphatic carbocycles. The summed E-state index contributed by atoms with van der Waals surface area (Å²) in [7, 11) is -3.24. The van der Waals surface area contributed by atoms with Crippen molar-refractivity contribution in [2.24, 2.45) is 5.92 Å². The SMILES string of the molecule is CCCNCC1CCN(S(=O)(=O)c2cccs2)CC1. The molecule has 0 radical (unpaired) electrons. The normalized spacial score (nSPS) is 18.8. The summed E-state index contributed by atoms with van der Waals surface area (Å²) in [6.07, 6.45) is 3.06. The maximum atomic E-state index is 12.3. The highest BCUT2D eigenvalue weighted by atomic mass is 32.2. The van der Waals surface area contributed by atoms with Crippen molar-refractivity contribution in [1.29, 1.82) is 0 Å². The number of nitrogens with one attached hydrogen (secondary N) is 1. The van der Waals surface area contributed by atoms with Crippen molar-refractivity contribution in [2.45, 2.75) is 30.4 Å². The molecule has 0 bridgehead atoms. The van der Waals surface area contributed by atoms with Crippen LogP contribution >= 0.6 is 11.3 Å². The van der Waals surface area contributed by atoms with Crippen LogP contribution in [0.4, 0.5) is 0 Å². The molecule has 0 spiro atoms. The van der Waals surface area contributed by atoms with Gasteiger partial charge in [0.2, 0.25) is 0 Å². The summed E-state index contributed by atoms with van der Waals surface area (Å²) in [6.45, 7) is 5.52. The molecule has 6 heteroatoms. The molecule has 4 nitrogen and oxygen atoms in total. The number of nitrogens with zero attached hydrogens (tertiary/aromatic N) is 1. The highest BCUT2D eigenvalue weighted by molar-refractivity contribution is 7.91. The highest BCUT2D eigenvalue weighted by Crippen LogP contribution is 2.25. The lowest BCUT2D eigenvalue weighted by atomic mass is 9.98. The third-order valence-electron chi connectivity index (χ3n) is 3.52. The summed E-state index contributed by atoms with van der Waals surface area (Å²) in [5.74, 6) is 0.612. The van der Waals surface area contributed by atoms with Gasteiger partial charge in [0.05, 0.1) is 0 Å². The number of rotatable bonds is 6. The second-order valence-electron chi connectivity index (χ2n) is 4.98. The maximum Gasteiger partial charge on any atom is 0.252 e. The van der Waals surface area contributed by atoms with Crippen molar-refractivity contribution in [3.8, 4) is 0 Å². The van der Waals surface area contributed by atoms with Gasteiger partial charge in [-0.15, -0.1) is 11.3 Å². The molecule has 1 fully saturated rings. The Labute approximate surface area is 119 Å². The average molecular weight is 302 g/mol. The third kappa shape index (κ3) is 3.78. The Kier molecular flexibility index (Phi) is 5.38. The van der Waals surface area contributed by atoms with E-state index in [1.165, 1.54) is 11.3 Å². The minimum atomic E-state index is -3.24. The number of hydrogen-bond acceptors (Lipinski definition) is 4. The zero-order chi connectivity index (χ0) is 13.7. The molecule has 0 aromatic carbocycles. The van der Waals surface area contributed by atoms with Crippen molar-refractivity contribution in [3.05, 3.63) is 17.5 Å². The smallest absolute Gasteiger partial charge is 0.252 e. The molecule has 1 aromatic rings. The molecule has 1 aromatic heterocycles. The van der Waals surface area contributed by atoms with E-state index in [-0.39, 0.29) is 0 Å². The topological polar surface area (TPSA) is 49.4 Å². The molecule has 2 heterocycles. The zero-order valence-corrected chi connectivity index (χ0v) is 13.0. The van der Waals surface area contributed by atoms with E-state index in [2.05, 4.69) is 12.2 Å². The number of sulfonamides is 1. The van der Waals surface area contributed by atoms with Crippen molar-refractivity contribution in [3.63, 3.8) is 0 Å². The van der Waals surface area contributed by atoms with Gasteiger partial charge < -0.3 is 5.32 Å². The molecule has 0 amide bonds. The van der Waals surface area contributed by atoms with Crippen LogP contribution in [0, 0.1) is 5.92 Å². The van der Waals surface area contributed by atoms with Crippen molar-refractivity contribution in [2.75, 3.05) is 26.2 Å². The lowest BCUT2D eigenvalue weighted by molar-refractivity contribution is 0.268. The lowest BCUT2D eigenvalue weighted by Crippen LogP contribution is -2.40. The van der Waals surface area contributed by atoms with Gasteiger partial charge in [0.1, 0.15) is 4.21 Å². The quantitative estimate of drug-likeness (QED) is 0.819. The number of thiophene rings is 1. The summed E-state index contributed by atoms with van der Waals surface area (Å²) in [5, 5.41) is 5.23. The van der Waals surface area contributed by atoms with Crippen molar-refractivity contribution in [1.82, 2.24) is 9.62 Å². The van der Waals surface area contributed by atoms with Gasteiger partial charge in [-0.1, -0.05) is 13.0 Å². The van der Waals surface area contributed by atoms with E-state index in [0.29, 0.717) is 23.2 Å². The summed E-state index contributed by atoms with van der Waals surface area (Å²) in [4.78, 5) is 0. The molecule has 0 atom stereocenters. The van der Waals surface area contributed by atoms with Gasteiger partial charge in [0.15, 0.2) is 0 Å². The van der Waals surface area contributed by atoms with Crippen LogP contribution in [0.2, 0.25) is 0 Å². The fourth-order valence-electron chi connectivity index (χ4n) is 2.37. The highest BCUT2D eigenvalue weighted by Gasteiger charge is 2.29. The van der Waals surface area contributed by atoms with E-state index in [1.54, 1.807) is 16.4 Å². The monoisotopic (exact) mass is 302 g/mol. The maximum absolute atomic E-state index is 12.3. The Morgan fingerprint density at radius 3 is 2.74 bits per heavy atom. The van der Waals surface area contributed by atoms with Gasteiger partial charge in [0.25, 0.3) is 10.0 Å². The van der Waals surface area contributed by atoms with Gasteiger partial charge in [-0.25, -0.2) is 8.42 Å². The average Bonchev–Trinajstić information content (AvgIpc) is 2.94. The Bertz CT molecular complexity index is 463. The third-order valence-corrected chi connectivity index (χ3v) is 6.79. The standard InChI is InChI=1S/C13H22N2O2S2/c1-2-7-14-11-12-5-8-15(9-6-12)19(16,17)13-4-3-10-18-13/h3-4,10,12,14H,2,5-9,11H2,1H3. The fraction of sp³-hybridized carbons (Fsp3) is 0.692. The van der Waals surface area contributed by atoms with Crippen molar-refractivity contribution >= 4 is 21.4 Å². The molecule has 0 unspecified atom stereocenters. The first kappa shape index (κ1) is 15.0. The minimum Gasteiger partial charge on any atom is -0.316 e. The predicted molar refractivity (Wildman–Crippen MR) is 79.0 cm³/mol. The second kappa shape index (κ2) is 6.83. The van der Waals surface area contributed by atoms with Gasteiger partial charge in [0, 0.05) is 13.1 Å². The largest absolute Gasteiger partial charge is 0.316 e. The molecule has 0 saturated carbocycles. The second-order valence-corrected chi connectivity index (χ2v) is 8.10. The van der Waals surface area contributed by atoms with Crippen LogP contribution in [0.15, 0.2) is 21.7 Å². The van der Waals surface area contributed by atoms with E-state index < -0.39 is 10.0 Å². The van der Waals surface area contributed by atoms with E-state index >= 15 is 0 Å². The van der Waals surface area contributed by atoms with Crippen LogP contribution in [0.1, 0.15) is 26.2 Å². The molecule has 1 N–H and O–H groups in total.